The van der Waals surface area contributed by atoms with Crippen molar-refractivity contribution >= 4 is 28.9 Å². The SMILES string of the molecule is Cc1ccc(COc2c(Cl)cc(Cl)cc2CNc2ccc(Oc3ccccc3)cc2)cc1. The van der Waals surface area contributed by atoms with Gasteiger partial charge in [0.25, 0.3) is 0 Å². The molecule has 0 aliphatic heterocycles. The van der Waals surface area contributed by atoms with Gasteiger partial charge in [0.2, 0.25) is 0 Å². The van der Waals surface area contributed by atoms with Gasteiger partial charge in [0, 0.05) is 22.8 Å². The fourth-order valence-corrected chi connectivity index (χ4v) is 3.80. The molecule has 162 valence electrons. The molecule has 0 unspecified atom stereocenters. The third kappa shape index (κ3) is 5.97. The number of halogens is 2. The Morgan fingerprint density at radius 1 is 0.781 bits per heavy atom. The molecule has 0 amide bonds. The van der Waals surface area contributed by atoms with Crippen molar-refractivity contribution in [1.82, 2.24) is 0 Å². The van der Waals surface area contributed by atoms with Gasteiger partial charge in [0.05, 0.1) is 5.02 Å². The van der Waals surface area contributed by atoms with Gasteiger partial charge in [0.1, 0.15) is 23.9 Å². The molecular weight excluding hydrogens is 441 g/mol. The van der Waals surface area contributed by atoms with Crippen molar-refractivity contribution in [1.29, 1.82) is 0 Å². The lowest BCUT2D eigenvalue weighted by atomic mass is 10.1. The van der Waals surface area contributed by atoms with Gasteiger partial charge >= 0.3 is 0 Å². The normalized spacial score (nSPS) is 10.6. The summed E-state index contributed by atoms with van der Waals surface area (Å²) in [5.41, 5.74) is 4.13. The van der Waals surface area contributed by atoms with E-state index in [4.69, 9.17) is 32.7 Å². The fraction of sp³-hybridized carbons (Fsp3) is 0.111. The molecule has 4 rings (SSSR count). The second kappa shape index (κ2) is 10.4. The van der Waals surface area contributed by atoms with Crippen LogP contribution >= 0.6 is 23.2 Å². The average Bonchev–Trinajstić information content (AvgIpc) is 2.80. The predicted molar refractivity (Wildman–Crippen MR) is 132 cm³/mol. The summed E-state index contributed by atoms with van der Waals surface area (Å²) in [6.07, 6.45) is 0. The van der Waals surface area contributed by atoms with Gasteiger partial charge in [-0.15, -0.1) is 0 Å². The zero-order chi connectivity index (χ0) is 22.3. The highest BCUT2D eigenvalue weighted by molar-refractivity contribution is 6.35. The minimum Gasteiger partial charge on any atom is -0.487 e. The Labute approximate surface area is 198 Å². The highest BCUT2D eigenvalue weighted by atomic mass is 35.5. The summed E-state index contributed by atoms with van der Waals surface area (Å²) >= 11 is 12.7. The molecule has 1 N–H and O–H groups in total. The molecule has 4 aromatic carbocycles. The Kier molecular flexibility index (Phi) is 7.21. The zero-order valence-corrected chi connectivity index (χ0v) is 19.2. The molecule has 0 aliphatic rings. The van der Waals surface area contributed by atoms with Crippen LogP contribution in [0, 0.1) is 6.92 Å². The van der Waals surface area contributed by atoms with E-state index in [0.29, 0.717) is 28.9 Å². The zero-order valence-electron chi connectivity index (χ0n) is 17.6. The van der Waals surface area contributed by atoms with Crippen LogP contribution in [0.4, 0.5) is 5.69 Å². The van der Waals surface area contributed by atoms with E-state index >= 15 is 0 Å². The molecular formula is C27H23Cl2NO2. The van der Waals surface area contributed by atoms with Gasteiger partial charge in [-0.05, 0) is 61.0 Å². The van der Waals surface area contributed by atoms with E-state index in [0.717, 1.165) is 28.3 Å². The summed E-state index contributed by atoms with van der Waals surface area (Å²) in [5.74, 6) is 2.21. The van der Waals surface area contributed by atoms with Crippen molar-refractivity contribution in [3.63, 3.8) is 0 Å². The van der Waals surface area contributed by atoms with Gasteiger partial charge in [-0.3, -0.25) is 0 Å². The summed E-state index contributed by atoms with van der Waals surface area (Å²) in [6, 6.07) is 29.3. The number of rotatable bonds is 8. The summed E-state index contributed by atoms with van der Waals surface area (Å²) in [7, 11) is 0. The molecule has 3 nitrogen and oxygen atoms in total. The van der Waals surface area contributed by atoms with Crippen molar-refractivity contribution in [2.75, 3.05) is 5.32 Å². The maximum absolute atomic E-state index is 6.45. The van der Waals surface area contributed by atoms with Crippen molar-refractivity contribution in [2.24, 2.45) is 0 Å². The van der Waals surface area contributed by atoms with Crippen LogP contribution in [0.3, 0.4) is 0 Å². The summed E-state index contributed by atoms with van der Waals surface area (Å²) in [6.45, 7) is 3.01. The first-order valence-corrected chi connectivity index (χ1v) is 11.1. The molecule has 0 aromatic heterocycles. The van der Waals surface area contributed by atoms with Crippen LogP contribution in [-0.2, 0) is 13.2 Å². The van der Waals surface area contributed by atoms with Gasteiger partial charge in [0.15, 0.2) is 0 Å². The van der Waals surface area contributed by atoms with E-state index in [2.05, 4.69) is 36.5 Å². The molecule has 0 aliphatic carbocycles. The lowest BCUT2D eigenvalue weighted by Gasteiger charge is -2.15. The minimum absolute atomic E-state index is 0.431. The van der Waals surface area contributed by atoms with E-state index in [9.17, 15) is 0 Å². The van der Waals surface area contributed by atoms with Crippen LogP contribution in [0.5, 0.6) is 17.2 Å². The van der Waals surface area contributed by atoms with Crippen molar-refractivity contribution in [3.05, 3.63) is 118 Å². The monoisotopic (exact) mass is 463 g/mol. The second-order valence-electron chi connectivity index (χ2n) is 7.44. The van der Waals surface area contributed by atoms with E-state index in [1.165, 1.54) is 5.56 Å². The Morgan fingerprint density at radius 3 is 2.19 bits per heavy atom. The minimum atomic E-state index is 0.431. The molecule has 0 radical (unpaired) electrons. The number of aryl methyl sites for hydroxylation is 1. The molecule has 5 heteroatoms. The summed E-state index contributed by atoms with van der Waals surface area (Å²) in [4.78, 5) is 0. The molecule has 0 fully saturated rings. The van der Waals surface area contributed by atoms with Crippen LogP contribution in [-0.4, -0.2) is 0 Å². The quantitative estimate of drug-likeness (QED) is 0.285. The first-order chi connectivity index (χ1) is 15.6. The Morgan fingerprint density at radius 2 is 1.47 bits per heavy atom. The molecule has 0 spiro atoms. The molecule has 0 saturated carbocycles. The number of ether oxygens (including phenoxy) is 2. The van der Waals surface area contributed by atoms with Crippen LogP contribution in [0.15, 0.2) is 91.0 Å². The number of anilines is 1. The lowest BCUT2D eigenvalue weighted by Crippen LogP contribution is -2.04. The highest BCUT2D eigenvalue weighted by Crippen LogP contribution is 2.34. The molecule has 0 heterocycles. The number of benzene rings is 4. The van der Waals surface area contributed by atoms with E-state index < -0.39 is 0 Å². The van der Waals surface area contributed by atoms with E-state index in [1.807, 2.05) is 60.7 Å². The van der Waals surface area contributed by atoms with Crippen molar-refractivity contribution in [3.8, 4) is 17.2 Å². The number of nitrogens with one attached hydrogen (secondary N) is 1. The van der Waals surface area contributed by atoms with Crippen LogP contribution in [0.1, 0.15) is 16.7 Å². The molecule has 0 atom stereocenters. The largest absolute Gasteiger partial charge is 0.487 e. The second-order valence-corrected chi connectivity index (χ2v) is 8.29. The fourth-order valence-electron chi connectivity index (χ4n) is 3.21. The van der Waals surface area contributed by atoms with Gasteiger partial charge in [-0.1, -0.05) is 71.2 Å². The third-order valence-corrected chi connectivity index (χ3v) is 5.40. The topological polar surface area (TPSA) is 30.5 Å². The highest BCUT2D eigenvalue weighted by Gasteiger charge is 2.12. The molecule has 0 bridgehead atoms. The molecule has 32 heavy (non-hydrogen) atoms. The first kappa shape index (κ1) is 22.1. The van der Waals surface area contributed by atoms with Gasteiger partial charge in [-0.25, -0.2) is 0 Å². The maximum atomic E-state index is 6.45. The van der Waals surface area contributed by atoms with Crippen LogP contribution < -0.4 is 14.8 Å². The lowest BCUT2D eigenvalue weighted by molar-refractivity contribution is 0.303. The average molecular weight is 464 g/mol. The number of hydrogen-bond acceptors (Lipinski definition) is 3. The van der Waals surface area contributed by atoms with Crippen molar-refractivity contribution in [2.45, 2.75) is 20.1 Å². The molecule has 4 aromatic rings. The van der Waals surface area contributed by atoms with Crippen LogP contribution in [0.2, 0.25) is 10.0 Å². The number of para-hydroxylation sites is 1. The third-order valence-electron chi connectivity index (χ3n) is 4.91. The smallest absolute Gasteiger partial charge is 0.143 e. The van der Waals surface area contributed by atoms with Crippen molar-refractivity contribution < 1.29 is 9.47 Å². The summed E-state index contributed by atoms with van der Waals surface area (Å²) in [5, 5.41) is 4.46. The maximum Gasteiger partial charge on any atom is 0.143 e. The summed E-state index contributed by atoms with van der Waals surface area (Å²) < 4.78 is 11.9. The first-order valence-electron chi connectivity index (χ1n) is 10.3. The Hall–Kier alpha value is -3.14. The predicted octanol–water partition coefficient (Wildman–Crippen LogP) is 8.29. The van der Waals surface area contributed by atoms with Crippen LogP contribution in [0.25, 0.3) is 0 Å². The Balaban J connectivity index is 1.42. The van der Waals surface area contributed by atoms with E-state index in [1.54, 1.807) is 6.07 Å². The van der Waals surface area contributed by atoms with E-state index in [-0.39, 0.29) is 0 Å². The Bertz CT molecular complexity index is 1160. The number of hydrogen-bond donors (Lipinski definition) is 1. The van der Waals surface area contributed by atoms with Gasteiger partial charge < -0.3 is 14.8 Å². The van der Waals surface area contributed by atoms with Gasteiger partial charge in [-0.2, -0.15) is 0 Å². The standard InChI is InChI=1S/C27H23Cl2NO2/c1-19-7-9-20(10-8-19)18-31-27-21(15-22(28)16-26(27)29)17-30-23-11-13-25(14-12-23)32-24-5-3-2-4-6-24/h2-16,30H,17-18H2,1H3. The molecule has 0 saturated heterocycles.